The predicted molar refractivity (Wildman–Crippen MR) is 89.5 cm³/mol. The van der Waals surface area contributed by atoms with Gasteiger partial charge in [0.15, 0.2) is 6.61 Å². The highest BCUT2D eigenvalue weighted by Crippen LogP contribution is 2.61. The number of urea groups is 1. The first-order valence-corrected chi connectivity index (χ1v) is 9.31. The van der Waals surface area contributed by atoms with Gasteiger partial charge in [-0.2, -0.15) is 0 Å². The Kier molecular flexibility index (Phi) is 5.04. The monoisotopic (exact) mass is 352 g/mol. The van der Waals surface area contributed by atoms with Gasteiger partial charge in [-0.15, -0.1) is 0 Å². The van der Waals surface area contributed by atoms with E-state index >= 15 is 0 Å². The van der Waals surface area contributed by atoms with Crippen LogP contribution in [0.25, 0.3) is 0 Å². The summed E-state index contributed by atoms with van der Waals surface area (Å²) in [7, 11) is 0. The zero-order chi connectivity index (χ0) is 18.1. The second-order valence-electron chi connectivity index (χ2n) is 8.20. The Morgan fingerprint density at radius 3 is 2.44 bits per heavy atom. The molecule has 3 amide bonds. The van der Waals surface area contributed by atoms with Gasteiger partial charge in [-0.05, 0) is 56.8 Å². The molecular weight excluding hydrogens is 324 g/mol. The van der Waals surface area contributed by atoms with Crippen LogP contribution in [-0.2, 0) is 14.3 Å². The van der Waals surface area contributed by atoms with Gasteiger partial charge in [0.2, 0.25) is 0 Å². The van der Waals surface area contributed by atoms with Crippen LogP contribution in [0.15, 0.2) is 0 Å². The summed E-state index contributed by atoms with van der Waals surface area (Å²) in [6, 6.07) is -0.571. The third kappa shape index (κ3) is 3.97. The fourth-order valence-corrected chi connectivity index (χ4v) is 5.32. The molecule has 4 aliphatic carbocycles. The molecule has 0 aromatic heterocycles. The van der Waals surface area contributed by atoms with Crippen LogP contribution < -0.4 is 10.6 Å². The average molecular weight is 352 g/mol. The van der Waals surface area contributed by atoms with Gasteiger partial charge < -0.3 is 15.2 Å². The van der Waals surface area contributed by atoms with E-state index in [0.29, 0.717) is 24.8 Å². The second kappa shape index (κ2) is 6.94. The molecule has 0 heterocycles. The molecule has 4 rings (SSSR count). The van der Waals surface area contributed by atoms with Crippen molar-refractivity contribution < 1.29 is 24.2 Å². The molecule has 2 atom stereocenters. The molecule has 0 spiro atoms. The number of aliphatic hydroxyl groups is 1. The van der Waals surface area contributed by atoms with Gasteiger partial charge in [0.1, 0.15) is 0 Å². The van der Waals surface area contributed by atoms with Crippen molar-refractivity contribution in [3.05, 3.63) is 0 Å². The van der Waals surface area contributed by atoms with Crippen molar-refractivity contribution in [2.45, 2.75) is 63.9 Å². The van der Waals surface area contributed by atoms with Crippen LogP contribution in [0.1, 0.15) is 58.3 Å². The molecule has 4 fully saturated rings. The van der Waals surface area contributed by atoms with Crippen LogP contribution >= 0.6 is 0 Å². The third-order valence-electron chi connectivity index (χ3n) is 5.87. The molecule has 4 bridgehead atoms. The van der Waals surface area contributed by atoms with E-state index < -0.39 is 35.5 Å². The molecule has 3 N–H and O–H groups in total. The van der Waals surface area contributed by atoms with E-state index in [0.717, 1.165) is 44.9 Å². The summed E-state index contributed by atoms with van der Waals surface area (Å²) >= 11 is 0. The minimum atomic E-state index is -0.746. The molecule has 0 aromatic rings. The fourth-order valence-electron chi connectivity index (χ4n) is 5.32. The predicted octanol–water partition coefficient (Wildman–Crippen LogP) is 1.49. The van der Waals surface area contributed by atoms with Crippen LogP contribution in [0.2, 0.25) is 0 Å². The van der Waals surface area contributed by atoms with E-state index in [-0.39, 0.29) is 0 Å². The Bertz CT molecular complexity index is 548. The number of nitrogens with one attached hydrogen (secondary N) is 2. The third-order valence-corrected chi connectivity index (χ3v) is 5.87. The Hall–Kier alpha value is -1.63. The summed E-state index contributed by atoms with van der Waals surface area (Å²) < 4.78 is 5.22. The molecule has 0 unspecified atom stereocenters. The number of imide groups is 1. The number of hydrogen-bond acceptors (Lipinski definition) is 5. The Morgan fingerprint density at radius 1 is 1.16 bits per heavy atom. The van der Waals surface area contributed by atoms with E-state index in [1.165, 1.54) is 0 Å². The lowest BCUT2D eigenvalue weighted by Gasteiger charge is -2.58. The van der Waals surface area contributed by atoms with Crippen molar-refractivity contribution >= 4 is 17.9 Å². The maximum atomic E-state index is 12.6. The minimum absolute atomic E-state index is 0.372. The number of unbranched alkanes of at least 4 members (excludes halogenated alkanes) is 1. The molecule has 7 heteroatoms. The standard InChI is InChI=1S/C18H28N2O5/c1-2-3-4-19-16(23)20-14(21)10-25-15(22)17-6-12-5-13(7-17)9-18(24,8-12)11-17/h12-13,24H,2-11H2,1H3,(H2,19,20,21,23)/t12-,13-,17?,18?/m0/s1. The lowest BCUT2D eigenvalue weighted by Crippen LogP contribution is -2.58. The molecule has 7 nitrogen and oxygen atoms in total. The highest BCUT2D eigenvalue weighted by Gasteiger charge is 2.60. The smallest absolute Gasteiger partial charge is 0.321 e. The van der Waals surface area contributed by atoms with Crippen molar-refractivity contribution in [3.63, 3.8) is 0 Å². The van der Waals surface area contributed by atoms with Crippen molar-refractivity contribution in [1.82, 2.24) is 10.6 Å². The van der Waals surface area contributed by atoms with Crippen LogP contribution in [0, 0.1) is 17.3 Å². The van der Waals surface area contributed by atoms with Crippen LogP contribution in [-0.4, -0.2) is 41.8 Å². The minimum Gasteiger partial charge on any atom is -0.455 e. The molecule has 25 heavy (non-hydrogen) atoms. The number of rotatable bonds is 6. The molecule has 0 aromatic carbocycles. The summed E-state index contributed by atoms with van der Waals surface area (Å²) in [5.74, 6) is -0.290. The van der Waals surface area contributed by atoms with Crippen LogP contribution in [0.3, 0.4) is 0 Å². The van der Waals surface area contributed by atoms with Crippen molar-refractivity contribution in [2.24, 2.45) is 17.3 Å². The zero-order valence-electron chi connectivity index (χ0n) is 14.8. The summed E-state index contributed by atoms with van der Waals surface area (Å²) in [5, 5.41) is 15.4. The number of ether oxygens (including phenoxy) is 1. The van der Waals surface area contributed by atoms with E-state index in [4.69, 9.17) is 4.74 Å². The molecule has 0 saturated heterocycles. The number of hydrogen-bond donors (Lipinski definition) is 3. The topological polar surface area (TPSA) is 105 Å². The quantitative estimate of drug-likeness (QED) is 0.496. The summed E-state index contributed by atoms with van der Waals surface area (Å²) in [6.07, 6.45) is 6.33. The summed E-state index contributed by atoms with van der Waals surface area (Å²) in [5.41, 5.74) is -1.40. The summed E-state index contributed by atoms with van der Waals surface area (Å²) in [6.45, 7) is 2.04. The van der Waals surface area contributed by atoms with E-state index in [2.05, 4.69) is 10.6 Å². The van der Waals surface area contributed by atoms with E-state index in [1.54, 1.807) is 0 Å². The fraction of sp³-hybridized carbons (Fsp3) is 0.833. The maximum Gasteiger partial charge on any atom is 0.321 e. The van der Waals surface area contributed by atoms with Gasteiger partial charge in [0.05, 0.1) is 11.0 Å². The molecular formula is C18H28N2O5. The normalized spacial score (nSPS) is 35.3. The van der Waals surface area contributed by atoms with Gasteiger partial charge in [-0.1, -0.05) is 13.3 Å². The van der Waals surface area contributed by atoms with Gasteiger partial charge in [-0.25, -0.2) is 4.79 Å². The first kappa shape index (κ1) is 18.2. The maximum absolute atomic E-state index is 12.6. The average Bonchev–Trinajstić information content (AvgIpc) is 2.50. The lowest BCUT2D eigenvalue weighted by molar-refractivity contribution is -0.196. The molecule has 140 valence electrons. The molecule has 4 aliphatic rings. The SMILES string of the molecule is CCCCNC(=O)NC(=O)COC(=O)C12C[C@@H]3C[C@H](CC(O)(C3)C1)C2. The van der Waals surface area contributed by atoms with Gasteiger partial charge in [-0.3, -0.25) is 14.9 Å². The van der Waals surface area contributed by atoms with Crippen molar-refractivity contribution in [2.75, 3.05) is 13.2 Å². The largest absolute Gasteiger partial charge is 0.455 e. The highest BCUT2D eigenvalue weighted by molar-refractivity contribution is 5.95. The second-order valence-corrected chi connectivity index (χ2v) is 8.20. The first-order valence-electron chi connectivity index (χ1n) is 9.31. The Morgan fingerprint density at radius 2 is 1.84 bits per heavy atom. The van der Waals surface area contributed by atoms with Gasteiger partial charge in [0, 0.05) is 6.54 Å². The van der Waals surface area contributed by atoms with Gasteiger partial charge in [0.25, 0.3) is 5.91 Å². The van der Waals surface area contributed by atoms with Crippen LogP contribution in [0.5, 0.6) is 0 Å². The Labute approximate surface area is 147 Å². The van der Waals surface area contributed by atoms with E-state index in [9.17, 15) is 19.5 Å². The lowest BCUT2D eigenvalue weighted by atomic mass is 9.48. The Balaban J connectivity index is 1.48. The number of carbonyl (C=O) groups excluding carboxylic acids is 3. The zero-order valence-corrected chi connectivity index (χ0v) is 14.8. The first-order chi connectivity index (χ1) is 11.8. The summed E-state index contributed by atoms with van der Waals surface area (Å²) in [4.78, 5) is 35.9. The number of esters is 1. The van der Waals surface area contributed by atoms with Crippen molar-refractivity contribution in [3.8, 4) is 0 Å². The molecule has 0 radical (unpaired) electrons. The molecule has 4 saturated carbocycles. The highest BCUT2D eigenvalue weighted by atomic mass is 16.5. The number of carbonyl (C=O) groups is 3. The van der Waals surface area contributed by atoms with E-state index in [1.807, 2.05) is 6.92 Å². The van der Waals surface area contributed by atoms with Crippen LogP contribution in [0.4, 0.5) is 4.79 Å². The number of amides is 3. The van der Waals surface area contributed by atoms with Gasteiger partial charge >= 0.3 is 12.0 Å². The van der Waals surface area contributed by atoms with Crippen molar-refractivity contribution in [1.29, 1.82) is 0 Å². The molecule has 0 aliphatic heterocycles.